The Morgan fingerprint density at radius 3 is 1.71 bits per heavy atom. The van der Waals surface area contributed by atoms with E-state index < -0.39 is 36.5 Å². The van der Waals surface area contributed by atoms with E-state index in [1.807, 2.05) is 24.3 Å². The van der Waals surface area contributed by atoms with Gasteiger partial charge in [-0.2, -0.15) is 13.2 Å². The molecule has 0 unspecified atom stereocenters. The predicted octanol–water partition coefficient (Wildman–Crippen LogP) is 6.05. The maximum absolute atomic E-state index is 12.6. The predicted molar refractivity (Wildman–Crippen MR) is 211 cm³/mol. The van der Waals surface area contributed by atoms with Crippen molar-refractivity contribution in [2.45, 2.75) is 128 Å². The maximum Gasteiger partial charge on any atom is 0.417 e. The van der Waals surface area contributed by atoms with Gasteiger partial charge in [0.05, 0.1) is 28.3 Å². The minimum absolute atomic E-state index is 0.0168. The van der Waals surface area contributed by atoms with Crippen molar-refractivity contribution in [3.63, 3.8) is 0 Å². The number of benzene rings is 1. The van der Waals surface area contributed by atoms with Crippen LogP contribution in [0.4, 0.5) is 30.4 Å². The standard InChI is InChI=1S/C21H33N3O4S.C17H24F3N3O3S/c1-4-29(26,27)23-19-7-5-17(6-8-19)21(25)22-18-9-11-20(12-10-18)24-13-15(2)28-16(3)14-24;1-16(2,3)27(25,26)23-13-7-4-11(5-8-13)15(24)22-14-9-6-12(10-21-14)17(18,19)20/h9-12,15-17,19,23H,4-8,13-14H2,1-3H3,(H,22,25);6,9-11,13,23H,4-5,7-8H2,1-3H3,(H,21,22,24)/t15-,16+,17?,19?;. The smallest absolute Gasteiger partial charge is 0.372 e. The number of alkyl halides is 3. The molecule has 4 N–H and O–H groups in total. The summed E-state index contributed by atoms with van der Waals surface area (Å²) in [5.74, 6) is -0.556. The van der Waals surface area contributed by atoms with Gasteiger partial charge in [-0.3, -0.25) is 9.59 Å². The van der Waals surface area contributed by atoms with Gasteiger partial charge in [0, 0.05) is 54.6 Å². The molecule has 2 aliphatic carbocycles. The van der Waals surface area contributed by atoms with Gasteiger partial charge in [-0.05, 0) is 129 Å². The number of nitrogens with one attached hydrogen (secondary N) is 4. The zero-order valence-corrected chi connectivity index (χ0v) is 34.6. The molecular weight excluding hydrogens is 774 g/mol. The average molecular weight is 831 g/mol. The molecule has 3 aliphatic rings. The lowest BCUT2D eigenvalue weighted by molar-refractivity contribution is -0.137. The number of anilines is 3. The summed E-state index contributed by atoms with van der Waals surface area (Å²) in [7, 11) is -6.64. The SMILES string of the molecule is CC(C)(C)S(=O)(=O)NC1CCC(C(=O)Nc2ccc(C(F)(F)F)cn2)CC1.CCS(=O)(=O)NC1CCC(C(=O)Nc2ccc(N3C[C@@H](C)O[C@@H](C)C3)cc2)CC1. The quantitative estimate of drug-likeness (QED) is 0.222. The first-order valence-corrected chi connectivity index (χ1v) is 22.4. The molecule has 2 saturated carbocycles. The van der Waals surface area contributed by atoms with Crippen molar-refractivity contribution in [2.75, 3.05) is 34.4 Å². The number of pyridine rings is 1. The van der Waals surface area contributed by atoms with Gasteiger partial charge in [-0.1, -0.05) is 0 Å². The lowest BCUT2D eigenvalue weighted by atomic mass is 9.86. The fraction of sp³-hybridized carbons (Fsp3) is 0.658. The molecule has 2 heterocycles. The minimum Gasteiger partial charge on any atom is -0.372 e. The summed E-state index contributed by atoms with van der Waals surface area (Å²) in [5, 5.41) is 5.53. The van der Waals surface area contributed by atoms with E-state index in [-0.39, 0.29) is 59.5 Å². The molecule has 0 radical (unpaired) electrons. The lowest BCUT2D eigenvalue weighted by Crippen LogP contribution is -2.46. The number of ether oxygens (including phenoxy) is 1. The molecule has 2 amide bonds. The van der Waals surface area contributed by atoms with Crippen molar-refractivity contribution in [2.24, 2.45) is 11.8 Å². The molecule has 3 fully saturated rings. The summed E-state index contributed by atoms with van der Waals surface area (Å²) in [6.07, 6.45) is 1.42. The Kier molecular flexibility index (Phi) is 15.4. The van der Waals surface area contributed by atoms with Crippen molar-refractivity contribution in [3.8, 4) is 0 Å². The number of aromatic nitrogens is 1. The third kappa shape index (κ3) is 13.4. The molecule has 18 heteroatoms. The molecule has 314 valence electrons. The molecule has 2 aromatic rings. The second kappa shape index (κ2) is 19.0. The number of sulfonamides is 2. The lowest BCUT2D eigenvalue weighted by Gasteiger charge is -2.36. The van der Waals surface area contributed by atoms with Crippen LogP contribution in [0.1, 0.15) is 98.5 Å². The third-order valence-electron chi connectivity index (χ3n) is 10.3. The highest BCUT2D eigenvalue weighted by molar-refractivity contribution is 7.90. The summed E-state index contributed by atoms with van der Waals surface area (Å²) in [6.45, 7) is 12.4. The van der Waals surface area contributed by atoms with Crippen LogP contribution in [0.5, 0.6) is 0 Å². The van der Waals surface area contributed by atoms with Crippen LogP contribution in [0.2, 0.25) is 0 Å². The fourth-order valence-electron chi connectivity index (χ4n) is 6.93. The van der Waals surface area contributed by atoms with Gasteiger partial charge in [-0.25, -0.2) is 31.3 Å². The van der Waals surface area contributed by atoms with Gasteiger partial charge in [0.2, 0.25) is 31.9 Å². The Balaban J connectivity index is 0.000000249. The Morgan fingerprint density at radius 1 is 0.768 bits per heavy atom. The monoisotopic (exact) mass is 830 g/mol. The molecule has 1 aromatic carbocycles. The van der Waals surface area contributed by atoms with E-state index in [0.29, 0.717) is 57.6 Å². The first kappa shape index (κ1) is 45.4. The number of halogens is 3. The number of carbonyl (C=O) groups is 2. The van der Waals surface area contributed by atoms with E-state index >= 15 is 0 Å². The number of hydrogen-bond donors (Lipinski definition) is 4. The summed E-state index contributed by atoms with van der Waals surface area (Å²) in [5.41, 5.74) is 1.04. The summed E-state index contributed by atoms with van der Waals surface area (Å²) < 4.78 is 95.7. The van der Waals surface area contributed by atoms with Crippen LogP contribution in [-0.4, -0.2) is 81.5 Å². The Bertz CT molecular complexity index is 1810. The highest BCUT2D eigenvalue weighted by Crippen LogP contribution is 2.31. The number of hydrogen-bond acceptors (Lipinski definition) is 9. The van der Waals surface area contributed by atoms with Crippen molar-refractivity contribution in [3.05, 3.63) is 48.2 Å². The molecule has 0 bridgehead atoms. The van der Waals surface area contributed by atoms with Crippen molar-refractivity contribution in [1.82, 2.24) is 14.4 Å². The van der Waals surface area contributed by atoms with E-state index in [9.17, 15) is 39.6 Å². The molecule has 5 rings (SSSR count). The first-order valence-electron chi connectivity index (χ1n) is 19.2. The van der Waals surface area contributed by atoms with Gasteiger partial charge in [0.25, 0.3) is 0 Å². The summed E-state index contributed by atoms with van der Waals surface area (Å²) >= 11 is 0. The highest BCUT2D eigenvalue weighted by Gasteiger charge is 2.35. The highest BCUT2D eigenvalue weighted by atomic mass is 32.2. The van der Waals surface area contributed by atoms with Crippen LogP contribution >= 0.6 is 0 Å². The van der Waals surface area contributed by atoms with E-state index in [4.69, 9.17) is 4.74 Å². The van der Waals surface area contributed by atoms with Crippen LogP contribution < -0.4 is 25.0 Å². The Hall–Kier alpha value is -3.32. The number of carbonyl (C=O) groups excluding carboxylic acids is 2. The van der Waals surface area contributed by atoms with Crippen LogP contribution in [0.15, 0.2) is 42.6 Å². The fourth-order valence-corrected chi connectivity index (χ4v) is 8.87. The van der Waals surface area contributed by atoms with E-state index in [1.54, 1.807) is 27.7 Å². The summed E-state index contributed by atoms with van der Waals surface area (Å²) in [4.78, 5) is 30.8. The second-order valence-corrected chi connectivity index (χ2v) is 20.5. The zero-order valence-electron chi connectivity index (χ0n) is 33.0. The van der Waals surface area contributed by atoms with E-state index in [2.05, 4.69) is 43.8 Å². The largest absolute Gasteiger partial charge is 0.417 e. The van der Waals surface area contributed by atoms with Crippen molar-refractivity contribution >= 4 is 49.1 Å². The molecule has 1 aliphatic heterocycles. The molecule has 2 atom stereocenters. The molecular formula is C38H57F3N6O7S2. The van der Waals surface area contributed by atoms with E-state index in [0.717, 1.165) is 36.6 Å². The average Bonchev–Trinajstić information content (AvgIpc) is 3.11. The van der Waals surface area contributed by atoms with E-state index in [1.165, 1.54) is 0 Å². The van der Waals surface area contributed by atoms with Crippen molar-refractivity contribution < 1.29 is 44.3 Å². The zero-order chi connectivity index (χ0) is 41.5. The van der Waals surface area contributed by atoms with Crippen LogP contribution in [0.25, 0.3) is 0 Å². The van der Waals surface area contributed by atoms with Gasteiger partial charge >= 0.3 is 6.18 Å². The normalized spacial score (nSPS) is 25.1. The third-order valence-corrected chi connectivity index (χ3v) is 14.0. The minimum atomic E-state index is -4.48. The number of nitrogens with zero attached hydrogens (tertiary/aromatic N) is 2. The Labute approximate surface area is 329 Å². The second-order valence-electron chi connectivity index (χ2n) is 16.0. The topological polar surface area (TPSA) is 176 Å². The number of rotatable bonds is 10. The van der Waals surface area contributed by atoms with Gasteiger partial charge in [0.15, 0.2) is 0 Å². The van der Waals surface area contributed by atoms with Crippen LogP contribution in [0, 0.1) is 11.8 Å². The van der Waals surface area contributed by atoms with Crippen LogP contribution in [0.3, 0.4) is 0 Å². The number of morpholine rings is 1. The van der Waals surface area contributed by atoms with Gasteiger partial charge in [0.1, 0.15) is 5.82 Å². The van der Waals surface area contributed by atoms with Gasteiger partial charge in [-0.15, -0.1) is 0 Å². The van der Waals surface area contributed by atoms with Crippen molar-refractivity contribution in [1.29, 1.82) is 0 Å². The molecule has 1 saturated heterocycles. The molecule has 13 nitrogen and oxygen atoms in total. The van der Waals surface area contributed by atoms with Gasteiger partial charge < -0.3 is 20.3 Å². The summed E-state index contributed by atoms with van der Waals surface area (Å²) in [6, 6.07) is 9.67. The molecule has 1 aromatic heterocycles. The Morgan fingerprint density at radius 2 is 1.27 bits per heavy atom. The molecule has 56 heavy (non-hydrogen) atoms. The molecule has 0 spiro atoms. The van der Waals surface area contributed by atoms with Crippen LogP contribution in [-0.2, 0) is 40.5 Å². The number of amides is 2. The maximum atomic E-state index is 12.6. The first-order chi connectivity index (χ1) is 26.0.